The Kier molecular flexibility index (Phi) is 4.52. The van der Waals surface area contributed by atoms with E-state index in [1.807, 2.05) is 0 Å². The Morgan fingerprint density at radius 3 is 2.31 bits per heavy atom. The van der Waals surface area contributed by atoms with Crippen molar-refractivity contribution in [1.29, 1.82) is 0 Å². The van der Waals surface area contributed by atoms with Crippen molar-refractivity contribution in [3.05, 3.63) is 70.0 Å². The van der Waals surface area contributed by atoms with Gasteiger partial charge in [0, 0.05) is 23.1 Å². The first kappa shape index (κ1) is 19.9. The van der Waals surface area contributed by atoms with Crippen LogP contribution in [0.25, 0.3) is 0 Å². The molecule has 1 unspecified atom stereocenters. The molecule has 1 atom stereocenters. The van der Waals surface area contributed by atoms with Gasteiger partial charge in [-0.25, -0.2) is 4.39 Å². The average molecular weight is 431 g/mol. The van der Waals surface area contributed by atoms with E-state index in [9.17, 15) is 14.0 Å². The van der Waals surface area contributed by atoms with Gasteiger partial charge in [0.25, 0.3) is 0 Å². The highest BCUT2D eigenvalue weighted by Crippen LogP contribution is 2.34. The number of carbonyl (C=O) groups excluding carboxylic acids is 2. The van der Waals surface area contributed by atoms with E-state index in [2.05, 4.69) is 9.98 Å². The predicted molar refractivity (Wildman–Crippen MR) is 112 cm³/mol. The van der Waals surface area contributed by atoms with Crippen LogP contribution in [0, 0.1) is 5.82 Å². The molecule has 2 heterocycles. The van der Waals surface area contributed by atoms with E-state index in [1.54, 1.807) is 45.0 Å². The minimum Gasteiger partial charge on any atom is -0.291 e. The van der Waals surface area contributed by atoms with Crippen LogP contribution in [0.15, 0.2) is 46.4 Å². The van der Waals surface area contributed by atoms with Crippen molar-refractivity contribution in [1.82, 2.24) is 0 Å². The van der Waals surface area contributed by atoms with Crippen LogP contribution < -0.4 is 0 Å². The zero-order valence-electron chi connectivity index (χ0n) is 16.0. The van der Waals surface area contributed by atoms with Gasteiger partial charge in [0.2, 0.25) is 0 Å². The monoisotopic (exact) mass is 430 g/mol. The van der Waals surface area contributed by atoms with Crippen molar-refractivity contribution in [2.75, 3.05) is 0 Å². The number of hydrogen-bond donors (Lipinski definition) is 0. The minimum absolute atomic E-state index is 0.0552. The van der Waals surface area contributed by atoms with Gasteiger partial charge in [-0.3, -0.25) is 19.6 Å². The van der Waals surface area contributed by atoms with Crippen LogP contribution in [0.4, 0.5) is 4.39 Å². The van der Waals surface area contributed by atoms with E-state index in [0.29, 0.717) is 22.3 Å². The van der Waals surface area contributed by atoms with Gasteiger partial charge in [-0.1, -0.05) is 47.5 Å². The number of rotatable bonds is 2. The topological polar surface area (TPSA) is 58.9 Å². The number of ketones is 2. The molecule has 2 aliphatic rings. The molecule has 2 aromatic rings. The SMILES string of the molecule is CC1(C)N=C(Cl)c2ccc(CC3(C)N=C(Cl)c4cccc(F)c4C3=O)cc2C1=O. The van der Waals surface area contributed by atoms with Crippen LogP contribution in [-0.2, 0) is 6.42 Å². The Hall–Kier alpha value is -2.37. The smallest absolute Gasteiger partial charge is 0.194 e. The molecule has 0 amide bonds. The summed E-state index contributed by atoms with van der Waals surface area (Å²) in [6, 6.07) is 9.47. The van der Waals surface area contributed by atoms with E-state index in [4.69, 9.17) is 23.2 Å². The standard InChI is InChI=1S/C22H17Cl2FN2O2/c1-21(2)17(28)14-9-11(7-8-12(14)19(23)26-21)10-22(3)18(29)16-13(20(24)27-22)5-4-6-15(16)25/h4-9H,10H2,1-3H3. The normalized spacial score (nSPS) is 22.6. The van der Waals surface area contributed by atoms with E-state index in [0.717, 1.165) is 0 Å². The first-order valence-corrected chi connectivity index (χ1v) is 9.81. The molecule has 4 rings (SSSR count). The second kappa shape index (κ2) is 6.57. The van der Waals surface area contributed by atoms with Gasteiger partial charge in [0.15, 0.2) is 11.6 Å². The molecular weight excluding hydrogens is 414 g/mol. The molecule has 2 aliphatic heterocycles. The quantitative estimate of drug-likeness (QED) is 0.674. The molecule has 29 heavy (non-hydrogen) atoms. The molecule has 0 bridgehead atoms. The van der Waals surface area contributed by atoms with Crippen molar-refractivity contribution in [3.63, 3.8) is 0 Å². The maximum absolute atomic E-state index is 14.4. The molecular formula is C22H17Cl2FN2O2. The van der Waals surface area contributed by atoms with Crippen LogP contribution in [0.2, 0.25) is 0 Å². The molecule has 2 aromatic carbocycles. The molecule has 0 radical (unpaired) electrons. The fourth-order valence-electron chi connectivity index (χ4n) is 3.80. The average Bonchev–Trinajstić information content (AvgIpc) is 2.64. The Labute approximate surface area is 177 Å². The van der Waals surface area contributed by atoms with Gasteiger partial charge in [-0.2, -0.15) is 0 Å². The van der Waals surface area contributed by atoms with Gasteiger partial charge < -0.3 is 0 Å². The van der Waals surface area contributed by atoms with Gasteiger partial charge in [-0.15, -0.1) is 0 Å². The third kappa shape index (κ3) is 3.13. The summed E-state index contributed by atoms with van der Waals surface area (Å²) in [6.07, 6.45) is 0.158. The molecule has 0 saturated heterocycles. The highest BCUT2D eigenvalue weighted by molar-refractivity contribution is 6.71. The van der Waals surface area contributed by atoms with E-state index < -0.39 is 22.7 Å². The Balaban J connectivity index is 1.76. The van der Waals surface area contributed by atoms with Gasteiger partial charge in [0.05, 0.1) is 5.56 Å². The van der Waals surface area contributed by atoms with Crippen molar-refractivity contribution < 1.29 is 14.0 Å². The van der Waals surface area contributed by atoms with Crippen molar-refractivity contribution in [3.8, 4) is 0 Å². The number of fused-ring (bicyclic) bond motifs is 2. The summed E-state index contributed by atoms with van der Waals surface area (Å²) in [5.74, 6) is -1.23. The number of benzene rings is 2. The largest absolute Gasteiger partial charge is 0.291 e. The first-order valence-electron chi connectivity index (χ1n) is 9.06. The fourth-order valence-corrected chi connectivity index (χ4v) is 4.52. The molecule has 7 heteroatoms. The van der Waals surface area contributed by atoms with Crippen molar-refractivity contribution in [2.24, 2.45) is 9.98 Å². The molecule has 148 valence electrons. The Morgan fingerprint density at radius 1 is 0.897 bits per heavy atom. The minimum atomic E-state index is -1.29. The molecule has 0 aromatic heterocycles. The lowest BCUT2D eigenvalue weighted by Crippen LogP contribution is -2.41. The zero-order chi connectivity index (χ0) is 21.1. The van der Waals surface area contributed by atoms with Crippen LogP contribution in [0.3, 0.4) is 0 Å². The number of aliphatic imine (C=N–C) groups is 2. The third-order valence-electron chi connectivity index (χ3n) is 5.33. The van der Waals surface area contributed by atoms with Crippen LogP contribution >= 0.6 is 23.2 Å². The summed E-state index contributed by atoms with van der Waals surface area (Å²) in [6.45, 7) is 5.01. The van der Waals surface area contributed by atoms with Gasteiger partial charge in [-0.05, 0) is 38.5 Å². The Morgan fingerprint density at radius 2 is 1.59 bits per heavy atom. The lowest BCUT2D eigenvalue weighted by molar-refractivity contribution is 0.0894. The second-order valence-corrected chi connectivity index (χ2v) is 8.73. The predicted octanol–water partition coefficient (Wildman–Crippen LogP) is 4.97. The molecule has 0 N–H and O–H groups in total. The zero-order valence-corrected chi connectivity index (χ0v) is 17.5. The first-order chi connectivity index (χ1) is 13.5. The van der Waals surface area contributed by atoms with Crippen molar-refractivity contribution >= 4 is 45.1 Å². The highest BCUT2D eigenvalue weighted by Gasteiger charge is 2.41. The molecule has 0 aliphatic carbocycles. The molecule has 0 spiro atoms. The number of Topliss-reactive ketones (excluding diaryl/α,β-unsaturated/α-hetero) is 2. The molecule has 4 nitrogen and oxygen atoms in total. The second-order valence-electron chi connectivity index (χ2n) is 8.02. The van der Waals surface area contributed by atoms with Crippen LogP contribution in [0.5, 0.6) is 0 Å². The summed E-state index contributed by atoms with van der Waals surface area (Å²) in [7, 11) is 0. The maximum atomic E-state index is 14.4. The summed E-state index contributed by atoms with van der Waals surface area (Å²) in [5.41, 5.74) is -0.315. The van der Waals surface area contributed by atoms with Crippen molar-refractivity contribution in [2.45, 2.75) is 38.3 Å². The van der Waals surface area contributed by atoms with Gasteiger partial charge in [0.1, 0.15) is 27.2 Å². The Bertz CT molecular complexity index is 1150. The summed E-state index contributed by atoms with van der Waals surface area (Å²) in [5, 5.41) is 0.361. The molecule has 0 fully saturated rings. The third-order valence-corrected chi connectivity index (χ3v) is 5.91. The lowest BCUT2D eigenvalue weighted by Gasteiger charge is -2.30. The van der Waals surface area contributed by atoms with Gasteiger partial charge >= 0.3 is 0 Å². The number of carbonyl (C=O) groups is 2. The van der Waals surface area contributed by atoms with E-state index in [1.165, 1.54) is 12.1 Å². The highest BCUT2D eigenvalue weighted by atomic mass is 35.5. The number of hydrogen-bond acceptors (Lipinski definition) is 4. The fraction of sp³-hybridized carbons (Fsp3) is 0.273. The summed E-state index contributed by atoms with van der Waals surface area (Å²) < 4.78 is 14.4. The number of halogens is 3. The van der Waals surface area contributed by atoms with E-state index in [-0.39, 0.29) is 28.1 Å². The molecule has 0 saturated carbocycles. The lowest BCUT2D eigenvalue weighted by atomic mass is 9.80. The van der Waals surface area contributed by atoms with Crippen LogP contribution in [0.1, 0.15) is 58.2 Å². The van der Waals surface area contributed by atoms with Crippen LogP contribution in [-0.4, -0.2) is 33.0 Å². The number of nitrogens with zero attached hydrogens (tertiary/aromatic N) is 2. The summed E-state index contributed by atoms with van der Waals surface area (Å²) >= 11 is 12.5. The summed E-state index contributed by atoms with van der Waals surface area (Å²) in [4.78, 5) is 34.5. The maximum Gasteiger partial charge on any atom is 0.194 e. The van der Waals surface area contributed by atoms with E-state index >= 15 is 0 Å².